The van der Waals surface area contributed by atoms with Crippen LogP contribution < -0.4 is 10.2 Å². The molecule has 0 radical (unpaired) electrons. The molecule has 0 amide bonds. The van der Waals surface area contributed by atoms with Crippen LogP contribution in [0.1, 0.15) is 34.5 Å². The molecule has 0 unspecified atom stereocenters. The minimum absolute atomic E-state index is 0.102. The van der Waals surface area contributed by atoms with Crippen LogP contribution in [0.5, 0.6) is 0 Å². The van der Waals surface area contributed by atoms with Crippen LogP contribution in [0.3, 0.4) is 0 Å². The Balaban J connectivity index is 1.93. The summed E-state index contributed by atoms with van der Waals surface area (Å²) in [5, 5.41) is 3.25. The molecule has 1 aromatic carbocycles. The molecule has 4 rings (SSSR count). The van der Waals surface area contributed by atoms with Crippen LogP contribution in [0.2, 0.25) is 0 Å². The molecule has 27 heavy (non-hydrogen) atoms. The van der Waals surface area contributed by atoms with E-state index in [-0.39, 0.29) is 5.78 Å². The number of anilines is 1. The zero-order chi connectivity index (χ0) is 19.3. The van der Waals surface area contributed by atoms with Gasteiger partial charge in [-0.1, -0.05) is 24.3 Å². The van der Waals surface area contributed by atoms with Gasteiger partial charge in [-0.3, -0.25) is 4.79 Å². The van der Waals surface area contributed by atoms with Gasteiger partial charge in [-0.25, -0.2) is 4.79 Å². The van der Waals surface area contributed by atoms with Gasteiger partial charge >= 0.3 is 5.97 Å². The second-order valence-electron chi connectivity index (χ2n) is 6.82. The Morgan fingerprint density at radius 2 is 1.85 bits per heavy atom. The molecular weight excluding hydrogens is 344 g/mol. The van der Waals surface area contributed by atoms with E-state index >= 15 is 0 Å². The van der Waals surface area contributed by atoms with Gasteiger partial charge in [0.05, 0.1) is 24.3 Å². The number of hydrogen-bond donors (Lipinski definition) is 1. The molecule has 0 saturated heterocycles. The standard InChI is InChI=1S/C21H20N2O4/c1-11-16(21(25)26-4)17(14-9-10-15(27-14)23(2)3)18-19(22-11)12-7-5-6-8-13(12)20(18)24/h5-10,17,22H,1-4H3/t17-/m1/s1. The third-order valence-electron chi connectivity index (χ3n) is 4.99. The molecule has 0 spiro atoms. The first-order chi connectivity index (χ1) is 12.9. The lowest BCUT2D eigenvalue weighted by Gasteiger charge is -2.27. The summed E-state index contributed by atoms with van der Waals surface area (Å²) in [4.78, 5) is 27.6. The summed E-state index contributed by atoms with van der Waals surface area (Å²) in [5.74, 6) is -0.0238. The SMILES string of the molecule is COC(=O)C1=C(C)NC2=C(C(=O)c3ccccc32)[C@@H]1c1ccc(N(C)C)o1. The number of esters is 1. The van der Waals surface area contributed by atoms with Crippen molar-refractivity contribution in [3.63, 3.8) is 0 Å². The average Bonchev–Trinajstić information content (AvgIpc) is 3.25. The maximum absolute atomic E-state index is 13.2. The molecule has 0 saturated carbocycles. The Morgan fingerprint density at radius 3 is 2.48 bits per heavy atom. The number of nitrogens with zero attached hydrogens (tertiary/aromatic N) is 1. The van der Waals surface area contributed by atoms with Gasteiger partial charge in [-0.2, -0.15) is 0 Å². The van der Waals surface area contributed by atoms with Crippen molar-refractivity contribution in [3.8, 4) is 0 Å². The van der Waals surface area contributed by atoms with E-state index in [1.165, 1.54) is 7.11 Å². The summed E-state index contributed by atoms with van der Waals surface area (Å²) in [6.07, 6.45) is 0. The number of methoxy groups -OCH3 is 1. The van der Waals surface area contributed by atoms with Crippen molar-refractivity contribution in [1.29, 1.82) is 0 Å². The minimum Gasteiger partial charge on any atom is -0.466 e. The quantitative estimate of drug-likeness (QED) is 0.844. The fourth-order valence-electron chi connectivity index (χ4n) is 3.73. The lowest BCUT2D eigenvalue weighted by molar-refractivity contribution is -0.136. The monoisotopic (exact) mass is 364 g/mol. The van der Waals surface area contributed by atoms with E-state index in [4.69, 9.17) is 9.15 Å². The number of ether oxygens (including phenoxy) is 1. The van der Waals surface area contributed by atoms with E-state index < -0.39 is 11.9 Å². The van der Waals surface area contributed by atoms with Gasteiger partial charge in [0.2, 0.25) is 0 Å². The normalized spacial score (nSPS) is 18.2. The number of carbonyl (C=O) groups is 2. The average molecular weight is 364 g/mol. The number of dihydropyridines is 1. The molecule has 1 aliphatic carbocycles. The van der Waals surface area contributed by atoms with Gasteiger partial charge in [0, 0.05) is 42.6 Å². The predicted molar refractivity (Wildman–Crippen MR) is 101 cm³/mol. The van der Waals surface area contributed by atoms with Crippen LogP contribution in [0.15, 0.2) is 57.7 Å². The number of benzene rings is 1. The Morgan fingerprint density at radius 1 is 1.15 bits per heavy atom. The molecule has 1 N–H and O–H groups in total. The molecular formula is C21H20N2O4. The molecule has 6 nitrogen and oxygen atoms in total. The highest BCUT2D eigenvalue weighted by Crippen LogP contribution is 2.47. The van der Waals surface area contributed by atoms with Gasteiger partial charge in [-0.15, -0.1) is 0 Å². The topological polar surface area (TPSA) is 71.8 Å². The maximum atomic E-state index is 13.2. The molecule has 1 atom stereocenters. The van der Waals surface area contributed by atoms with E-state index in [0.29, 0.717) is 34.1 Å². The number of ketones is 1. The van der Waals surface area contributed by atoms with E-state index in [9.17, 15) is 9.59 Å². The number of allylic oxidation sites excluding steroid dienone is 2. The first-order valence-corrected chi connectivity index (χ1v) is 8.65. The molecule has 138 valence electrons. The molecule has 2 heterocycles. The molecule has 1 aromatic heterocycles. The van der Waals surface area contributed by atoms with Crippen LogP contribution in [-0.2, 0) is 9.53 Å². The number of Topliss-reactive ketones (excluding diaryl/α,β-unsaturated/α-hetero) is 1. The fraction of sp³-hybridized carbons (Fsp3) is 0.238. The number of carbonyl (C=O) groups excluding carboxylic acids is 2. The summed E-state index contributed by atoms with van der Waals surface area (Å²) < 4.78 is 11.0. The number of nitrogens with one attached hydrogen (secondary N) is 1. The Kier molecular flexibility index (Phi) is 3.91. The van der Waals surface area contributed by atoms with Crippen molar-refractivity contribution in [2.75, 3.05) is 26.1 Å². The fourth-order valence-corrected chi connectivity index (χ4v) is 3.73. The third kappa shape index (κ3) is 2.48. The second kappa shape index (κ2) is 6.16. The largest absolute Gasteiger partial charge is 0.466 e. The summed E-state index contributed by atoms with van der Waals surface area (Å²) in [6, 6.07) is 11.1. The highest BCUT2D eigenvalue weighted by molar-refractivity contribution is 6.23. The van der Waals surface area contributed by atoms with E-state index in [1.54, 1.807) is 6.07 Å². The molecule has 2 aliphatic rings. The Hall–Kier alpha value is -3.28. The molecule has 2 aromatic rings. The van der Waals surface area contributed by atoms with Crippen molar-refractivity contribution in [2.45, 2.75) is 12.8 Å². The van der Waals surface area contributed by atoms with Crippen LogP contribution in [0, 0.1) is 0 Å². The Bertz CT molecular complexity index is 1030. The van der Waals surface area contributed by atoms with Crippen molar-refractivity contribution in [3.05, 3.63) is 70.1 Å². The van der Waals surface area contributed by atoms with Crippen molar-refractivity contribution in [1.82, 2.24) is 5.32 Å². The number of rotatable bonds is 3. The first-order valence-electron chi connectivity index (χ1n) is 8.65. The zero-order valence-corrected chi connectivity index (χ0v) is 15.6. The highest BCUT2D eigenvalue weighted by Gasteiger charge is 2.44. The van der Waals surface area contributed by atoms with Crippen LogP contribution in [-0.4, -0.2) is 33.0 Å². The summed E-state index contributed by atoms with van der Waals surface area (Å²) >= 11 is 0. The summed E-state index contributed by atoms with van der Waals surface area (Å²) in [7, 11) is 5.07. The number of fused-ring (bicyclic) bond motifs is 2. The molecule has 6 heteroatoms. The van der Waals surface area contributed by atoms with Gasteiger partial charge < -0.3 is 19.4 Å². The summed E-state index contributed by atoms with van der Waals surface area (Å²) in [6.45, 7) is 1.81. The van der Waals surface area contributed by atoms with E-state index in [1.807, 2.05) is 56.3 Å². The summed E-state index contributed by atoms with van der Waals surface area (Å²) in [5.41, 5.74) is 3.74. The maximum Gasteiger partial charge on any atom is 0.336 e. The van der Waals surface area contributed by atoms with Gasteiger partial charge in [0.1, 0.15) is 5.76 Å². The second-order valence-corrected chi connectivity index (χ2v) is 6.82. The third-order valence-corrected chi connectivity index (χ3v) is 4.99. The van der Waals surface area contributed by atoms with E-state index in [2.05, 4.69) is 5.32 Å². The van der Waals surface area contributed by atoms with Crippen LogP contribution in [0.25, 0.3) is 5.70 Å². The number of hydrogen-bond acceptors (Lipinski definition) is 6. The smallest absolute Gasteiger partial charge is 0.336 e. The first kappa shape index (κ1) is 17.1. The Labute approximate surface area is 157 Å². The predicted octanol–water partition coefficient (Wildman–Crippen LogP) is 3.09. The minimum atomic E-state index is -0.623. The lowest BCUT2D eigenvalue weighted by Crippen LogP contribution is -2.28. The number of furan rings is 1. The lowest BCUT2D eigenvalue weighted by atomic mass is 9.83. The highest BCUT2D eigenvalue weighted by atomic mass is 16.5. The molecule has 1 aliphatic heterocycles. The van der Waals surface area contributed by atoms with Gasteiger partial charge in [-0.05, 0) is 13.0 Å². The van der Waals surface area contributed by atoms with Crippen molar-refractivity contribution < 1.29 is 18.7 Å². The zero-order valence-electron chi connectivity index (χ0n) is 15.6. The van der Waals surface area contributed by atoms with Crippen molar-refractivity contribution in [2.24, 2.45) is 0 Å². The molecule has 0 fully saturated rings. The van der Waals surface area contributed by atoms with E-state index in [0.717, 1.165) is 11.3 Å². The molecule has 0 bridgehead atoms. The van der Waals surface area contributed by atoms with Gasteiger partial charge in [0.25, 0.3) is 0 Å². The van der Waals surface area contributed by atoms with Crippen LogP contribution in [0.4, 0.5) is 5.88 Å². The van der Waals surface area contributed by atoms with Crippen LogP contribution >= 0.6 is 0 Å². The van der Waals surface area contributed by atoms with Crippen molar-refractivity contribution >= 4 is 23.3 Å². The van der Waals surface area contributed by atoms with Gasteiger partial charge in [0.15, 0.2) is 11.7 Å².